The van der Waals surface area contributed by atoms with Crippen molar-refractivity contribution < 1.29 is 14.7 Å². The normalized spacial score (nSPS) is 12.1. The van der Waals surface area contributed by atoms with Crippen molar-refractivity contribution in [3.8, 4) is 0 Å². The van der Waals surface area contributed by atoms with Crippen LogP contribution in [-0.2, 0) is 4.79 Å². The summed E-state index contributed by atoms with van der Waals surface area (Å²) in [4.78, 5) is 25.8. The number of nitrogens with zero attached hydrogens (tertiary/aromatic N) is 1. The number of aliphatic carboxylic acids is 1. The van der Waals surface area contributed by atoms with Crippen molar-refractivity contribution in [2.75, 3.05) is 0 Å². The Balaban J connectivity index is 2.53. The van der Waals surface area contributed by atoms with E-state index in [0.717, 1.165) is 0 Å². The maximum Gasteiger partial charge on any atom is 0.303 e. The van der Waals surface area contributed by atoms with Crippen LogP contribution in [0.1, 0.15) is 30.1 Å². The summed E-state index contributed by atoms with van der Waals surface area (Å²) in [7, 11) is 0. The first-order valence-corrected chi connectivity index (χ1v) is 4.74. The number of aromatic nitrogens is 1. The van der Waals surface area contributed by atoms with Gasteiger partial charge in [0.15, 0.2) is 5.78 Å². The number of hydrogen-bond donors (Lipinski definition) is 1. The first kappa shape index (κ1) is 11.4. The molecule has 1 N–H and O–H groups in total. The second-order valence-electron chi connectivity index (χ2n) is 3.57. The van der Waals surface area contributed by atoms with Crippen LogP contribution in [0.4, 0.5) is 0 Å². The van der Waals surface area contributed by atoms with E-state index in [0.29, 0.717) is 5.56 Å². The molecule has 80 valence electrons. The number of carbonyl (C=O) groups excluding carboxylic acids is 1. The summed E-state index contributed by atoms with van der Waals surface area (Å²) in [6, 6.07) is 3.37. The summed E-state index contributed by atoms with van der Waals surface area (Å²) in [5, 5.41) is 8.54. The highest BCUT2D eigenvalue weighted by Gasteiger charge is 2.13. The minimum atomic E-state index is -0.874. The van der Waals surface area contributed by atoms with Gasteiger partial charge in [0.25, 0.3) is 0 Å². The Kier molecular flexibility index (Phi) is 3.97. The average molecular weight is 207 g/mol. The molecule has 0 aliphatic rings. The van der Waals surface area contributed by atoms with Gasteiger partial charge in [-0.25, -0.2) is 0 Å². The molecule has 0 aliphatic carbocycles. The molecule has 0 aliphatic heterocycles. The number of pyridine rings is 1. The molecule has 4 nitrogen and oxygen atoms in total. The van der Waals surface area contributed by atoms with Crippen molar-refractivity contribution in [1.82, 2.24) is 4.98 Å². The third-order valence-electron chi connectivity index (χ3n) is 2.04. The Labute approximate surface area is 88.0 Å². The minimum absolute atomic E-state index is 0.0198. The molecule has 15 heavy (non-hydrogen) atoms. The van der Waals surface area contributed by atoms with Crippen molar-refractivity contribution in [2.24, 2.45) is 5.92 Å². The lowest BCUT2D eigenvalue weighted by Crippen LogP contribution is -2.10. The Bertz CT molecular complexity index is 348. The summed E-state index contributed by atoms with van der Waals surface area (Å²) < 4.78 is 0. The zero-order valence-corrected chi connectivity index (χ0v) is 8.51. The van der Waals surface area contributed by atoms with Gasteiger partial charge in [-0.05, 0) is 18.1 Å². The van der Waals surface area contributed by atoms with Gasteiger partial charge in [-0.2, -0.15) is 0 Å². The molecule has 0 saturated heterocycles. The predicted molar refractivity (Wildman–Crippen MR) is 54.6 cm³/mol. The van der Waals surface area contributed by atoms with Crippen LogP contribution < -0.4 is 0 Å². The van der Waals surface area contributed by atoms with E-state index < -0.39 is 5.97 Å². The number of Topliss-reactive ketones (excluding diaryl/α,β-unsaturated/α-hetero) is 1. The van der Waals surface area contributed by atoms with Gasteiger partial charge in [0.1, 0.15) is 0 Å². The molecule has 0 aromatic carbocycles. The third-order valence-corrected chi connectivity index (χ3v) is 2.04. The third kappa shape index (κ3) is 3.89. The lowest BCUT2D eigenvalue weighted by molar-refractivity contribution is -0.137. The van der Waals surface area contributed by atoms with Crippen LogP contribution >= 0.6 is 0 Å². The van der Waals surface area contributed by atoms with E-state index in [2.05, 4.69) is 4.98 Å². The van der Waals surface area contributed by atoms with E-state index in [1.54, 1.807) is 25.3 Å². The molecule has 4 heteroatoms. The lowest BCUT2D eigenvalue weighted by atomic mass is 9.98. The van der Waals surface area contributed by atoms with Crippen molar-refractivity contribution in [2.45, 2.75) is 19.8 Å². The fourth-order valence-corrected chi connectivity index (χ4v) is 1.33. The van der Waals surface area contributed by atoms with Gasteiger partial charge in [0.05, 0.1) is 0 Å². The van der Waals surface area contributed by atoms with Crippen LogP contribution in [0.2, 0.25) is 0 Å². The molecular formula is C11H13NO3. The Morgan fingerprint density at radius 3 is 2.73 bits per heavy atom. The van der Waals surface area contributed by atoms with E-state index >= 15 is 0 Å². The van der Waals surface area contributed by atoms with Crippen LogP contribution in [0.3, 0.4) is 0 Å². The Morgan fingerprint density at radius 2 is 2.20 bits per heavy atom. The van der Waals surface area contributed by atoms with Gasteiger partial charge in [0, 0.05) is 30.8 Å². The Hall–Kier alpha value is -1.71. The smallest absolute Gasteiger partial charge is 0.303 e. The predicted octanol–water partition coefficient (Wildman–Crippen LogP) is 1.77. The maximum absolute atomic E-state index is 11.6. The molecule has 1 aromatic heterocycles. The number of carboxylic acid groups (broad SMARTS) is 1. The van der Waals surface area contributed by atoms with Crippen molar-refractivity contribution in [3.05, 3.63) is 30.1 Å². The first-order chi connectivity index (χ1) is 7.09. The van der Waals surface area contributed by atoms with Gasteiger partial charge in [-0.15, -0.1) is 0 Å². The van der Waals surface area contributed by atoms with Crippen molar-refractivity contribution in [1.29, 1.82) is 0 Å². The van der Waals surface area contributed by atoms with Crippen molar-refractivity contribution >= 4 is 11.8 Å². The average Bonchev–Trinajstić information content (AvgIpc) is 2.17. The highest BCUT2D eigenvalue weighted by Crippen LogP contribution is 2.12. The fourth-order valence-electron chi connectivity index (χ4n) is 1.33. The SMILES string of the molecule is CC(CC(=O)O)CC(=O)c1cccnc1. The second-order valence-corrected chi connectivity index (χ2v) is 3.57. The van der Waals surface area contributed by atoms with E-state index in [1.807, 2.05) is 0 Å². The lowest BCUT2D eigenvalue weighted by Gasteiger charge is -2.06. The molecular weight excluding hydrogens is 194 g/mol. The molecule has 0 radical (unpaired) electrons. The van der Waals surface area contributed by atoms with Crippen LogP contribution in [0.15, 0.2) is 24.5 Å². The van der Waals surface area contributed by atoms with Gasteiger partial charge in [-0.1, -0.05) is 6.92 Å². The summed E-state index contributed by atoms with van der Waals surface area (Å²) in [6.45, 7) is 1.75. The highest BCUT2D eigenvalue weighted by atomic mass is 16.4. The van der Waals surface area contributed by atoms with Gasteiger partial charge < -0.3 is 5.11 Å². The quantitative estimate of drug-likeness (QED) is 0.747. The van der Waals surface area contributed by atoms with Crippen LogP contribution in [-0.4, -0.2) is 21.8 Å². The van der Waals surface area contributed by atoms with E-state index in [4.69, 9.17) is 5.11 Å². The number of carboxylic acids is 1. The van der Waals surface area contributed by atoms with Gasteiger partial charge in [-0.3, -0.25) is 14.6 Å². The van der Waals surface area contributed by atoms with E-state index in [1.165, 1.54) is 6.20 Å². The van der Waals surface area contributed by atoms with Crippen LogP contribution in [0.5, 0.6) is 0 Å². The molecule has 0 fully saturated rings. The van der Waals surface area contributed by atoms with Crippen LogP contribution in [0, 0.1) is 5.92 Å². The molecule has 1 unspecified atom stereocenters. The van der Waals surface area contributed by atoms with Crippen LogP contribution in [0.25, 0.3) is 0 Å². The summed E-state index contributed by atoms with van der Waals surface area (Å²) in [6.07, 6.45) is 3.36. The summed E-state index contributed by atoms with van der Waals surface area (Å²) >= 11 is 0. The minimum Gasteiger partial charge on any atom is -0.481 e. The molecule has 0 spiro atoms. The zero-order valence-electron chi connectivity index (χ0n) is 8.51. The fraction of sp³-hybridized carbons (Fsp3) is 0.364. The van der Waals surface area contributed by atoms with E-state index in [-0.39, 0.29) is 24.5 Å². The maximum atomic E-state index is 11.6. The first-order valence-electron chi connectivity index (χ1n) is 4.74. The molecule has 0 amide bonds. The van der Waals surface area contributed by atoms with E-state index in [9.17, 15) is 9.59 Å². The second kappa shape index (κ2) is 5.24. The number of hydrogen-bond acceptors (Lipinski definition) is 3. The number of rotatable bonds is 5. The molecule has 1 heterocycles. The molecule has 1 aromatic rings. The summed E-state index contributed by atoms with van der Waals surface area (Å²) in [5.74, 6) is -1.08. The van der Waals surface area contributed by atoms with Gasteiger partial charge >= 0.3 is 5.97 Å². The molecule has 1 rings (SSSR count). The zero-order chi connectivity index (χ0) is 11.3. The van der Waals surface area contributed by atoms with Crippen molar-refractivity contribution in [3.63, 3.8) is 0 Å². The molecule has 0 bridgehead atoms. The highest BCUT2D eigenvalue weighted by molar-refractivity contribution is 5.96. The van der Waals surface area contributed by atoms with Gasteiger partial charge in [0.2, 0.25) is 0 Å². The molecule has 1 atom stereocenters. The standard InChI is InChI=1S/C11H13NO3/c1-8(6-11(14)15)5-10(13)9-3-2-4-12-7-9/h2-4,7-8H,5-6H2,1H3,(H,14,15). The largest absolute Gasteiger partial charge is 0.481 e. The number of carbonyl (C=O) groups is 2. The summed E-state index contributed by atoms with van der Waals surface area (Å²) in [5.41, 5.74) is 0.537. The Morgan fingerprint density at radius 1 is 1.47 bits per heavy atom. The monoisotopic (exact) mass is 207 g/mol. The molecule has 0 saturated carbocycles. The topological polar surface area (TPSA) is 67.3 Å². The number of ketones is 1.